The summed E-state index contributed by atoms with van der Waals surface area (Å²) in [5.74, 6) is -2.70. The fourth-order valence-electron chi connectivity index (χ4n) is 6.55. The minimum absolute atomic E-state index is 0.000311. The molecule has 5 nitrogen and oxygen atoms in total. The van der Waals surface area contributed by atoms with E-state index in [9.17, 15) is 18.7 Å². The third-order valence-electron chi connectivity index (χ3n) is 8.51. The Kier molecular flexibility index (Phi) is 8.88. The number of aliphatic carboxylic acids is 1. The van der Waals surface area contributed by atoms with Crippen LogP contribution in [0, 0.1) is 24.2 Å². The summed E-state index contributed by atoms with van der Waals surface area (Å²) in [7, 11) is 0. The number of likely N-dealkylation sites (tertiary alicyclic amines) is 2. The van der Waals surface area contributed by atoms with Gasteiger partial charge in [-0.25, -0.2) is 8.78 Å². The van der Waals surface area contributed by atoms with Gasteiger partial charge in [-0.05, 0) is 74.2 Å². The first-order valence-electron chi connectivity index (χ1n) is 14.0. The van der Waals surface area contributed by atoms with Gasteiger partial charge in [-0.2, -0.15) is 0 Å². The highest BCUT2D eigenvalue weighted by atomic mass is 19.3. The fourth-order valence-corrected chi connectivity index (χ4v) is 6.55. The van der Waals surface area contributed by atoms with Gasteiger partial charge in [0.15, 0.2) is 0 Å². The van der Waals surface area contributed by atoms with Gasteiger partial charge in [-0.1, -0.05) is 50.6 Å². The molecule has 208 valence electrons. The average molecular weight is 528 g/mol. The number of rotatable bonds is 9. The van der Waals surface area contributed by atoms with Crippen LogP contribution in [0.1, 0.15) is 69.1 Å². The molecule has 4 rings (SSSR count). The van der Waals surface area contributed by atoms with Crippen LogP contribution in [0.25, 0.3) is 0 Å². The summed E-state index contributed by atoms with van der Waals surface area (Å²) in [6.07, 6.45) is 5.02. The number of nitrogens with zero attached hydrogens (tertiary/aromatic N) is 3. The third kappa shape index (κ3) is 6.97. The minimum Gasteiger partial charge on any atom is -0.480 e. The number of hydrogen-bond acceptors (Lipinski definition) is 4. The van der Waals surface area contributed by atoms with Crippen molar-refractivity contribution in [3.8, 4) is 0 Å². The van der Waals surface area contributed by atoms with E-state index in [0.717, 1.165) is 45.6 Å². The van der Waals surface area contributed by atoms with Crippen LogP contribution < -0.4 is 0 Å². The van der Waals surface area contributed by atoms with E-state index in [0.29, 0.717) is 18.3 Å². The van der Waals surface area contributed by atoms with Crippen molar-refractivity contribution in [2.45, 2.75) is 71.3 Å². The van der Waals surface area contributed by atoms with Gasteiger partial charge in [0.2, 0.25) is 0 Å². The summed E-state index contributed by atoms with van der Waals surface area (Å²) in [5.41, 5.74) is 2.13. The normalized spacial score (nSPS) is 23.0. The van der Waals surface area contributed by atoms with Crippen LogP contribution in [0.2, 0.25) is 0 Å². The summed E-state index contributed by atoms with van der Waals surface area (Å²) >= 11 is 0. The number of alkyl halides is 2. The second-order valence-corrected chi connectivity index (χ2v) is 12.6. The van der Waals surface area contributed by atoms with Crippen LogP contribution in [0.3, 0.4) is 0 Å². The number of hydrogen-bond donors (Lipinski definition) is 1. The summed E-state index contributed by atoms with van der Waals surface area (Å²) in [6.45, 7) is 12.3. The predicted octanol–water partition coefficient (Wildman–Crippen LogP) is 6.19. The molecule has 0 saturated carbocycles. The highest BCUT2D eigenvalue weighted by Crippen LogP contribution is 2.39. The van der Waals surface area contributed by atoms with E-state index < -0.39 is 17.9 Å². The number of aryl methyl sites for hydroxylation is 1. The second kappa shape index (κ2) is 11.8. The minimum atomic E-state index is -2.84. The Morgan fingerprint density at radius 2 is 1.87 bits per heavy atom. The van der Waals surface area contributed by atoms with Gasteiger partial charge >= 0.3 is 5.97 Å². The van der Waals surface area contributed by atoms with Crippen molar-refractivity contribution in [2.24, 2.45) is 17.3 Å². The van der Waals surface area contributed by atoms with Crippen LogP contribution in [0.5, 0.6) is 0 Å². The largest absolute Gasteiger partial charge is 0.480 e. The van der Waals surface area contributed by atoms with Crippen molar-refractivity contribution in [1.82, 2.24) is 14.8 Å². The number of piperidine rings is 1. The molecule has 2 fully saturated rings. The quantitative estimate of drug-likeness (QED) is 0.422. The Morgan fingerprint density at radius 1 is 1.13 bits per heavy atom. The molecule has 2 saturated heterocycles. The number of aromatic nitrogens is 1. The fraction of sp³-hybridized carbons (Fsp3) is 0.613. The zero-order chi connectivity index (χ0) is 27.5. The lowest BCUT2D eigenvalue weighted by Gasteiger charge is -2.36. The maximum atomic E-state index is 14.6. The summed E-state index contributed by atoms with van der Waals surface area (Å²) in [4.78, 5) is 20.8. The molecule has 1 aromatic heterocycles. The number of carboxylic acid groups (broad SMARTS) is 1. The van der Waals surface area contributed by atoms with Gasteiger partial charge < -0.3 is 10.0 Å². The van der Waals surface area contributed by atoms with Gasteiger partial charge in [-0.15, -0.1) is 0 Å². The van der Waals surface area contributed by atoms with E-state index in [2.05, 4.69) is 46.0 Å². The molecule has 2 aromatic rings. The van der Waals surface area contributed by atoms with Crippen molar-refractivity contribution in [2.75, 3.05) is 32.7 Å². The van der Waals surface area contributed by atoms with Crippen LogP contribution in [0.4, 0.5) is 8.78 Å². The van der Waals surface area contributed by atoms with Crippen molar-refractivity contribution in [1.29, 1.82) is 0 Å². The number of carbonyl (C=O) groups is 1. The molecule has 0 unspecified atom stereocenters. The van der Waals surface area contributed by atoms with Crippen molar-refractivity contribution < 1.29 is 18.7 Å². The van der Waals surface area contributed by atoms with E-state index in [1.165, 1.54) is 29.6 Å². The average Bonchev–Trinajstić information content (AvgIpc) is 3.25. The molecule has 1 N–H and O–H groups in total. The first-order valence-corrected chi connectivity index (χ1v) is 14.0. The molecule has 0 radical (unpaired) electrons. The number of benzene rings is 1. The molecule has 7 heteroatoms. The predicted molar refractivity (Wildman–Crippen MR) is 146 cm³/mol. The highest BCUT2D eigenvalue weighted by Gasteiger charge is 2.44. The van der Waals surface area contributed by atoms with Crippen molar-refractivity contribution in [3.05, 3.63) is 65.5 Å². The number of carboxylic acids is 1. The first kappa shape index (κ1) is 28.6. The Bertz CT molecular complexity index is 1060. The van der Waals surface area contributed by atoms with Gasteiger partial charge in [0.25, 0.3) is 5.92 Å². The van der Waals surface area contributed by atoms with Crippen LogP contribution >= 0.6 is 0 Å². The molecule has 0 spiro atoms. The molecule has 3 atom stereocenters. The van der Waals surface area contributed by atoms with Gasteiger partial charge in [0.05, 0.1) is 0 Å². The van der Waals surface area contributed by atoms with Crippen LogP contribution in [0.15, 0.2) is 48.8 Å². The number of pyridine rings is 1. The summed E-state index contributed by atoms with van der Waals surface area (Å²) in [6, 6.07) is 11.1. The van der Waals surface area contributed by atoms with Crippen molar-refractivity contribution in [3.63, 3.8) is 0 Å². The number of halogens is 2. The Labute approximate surface area is 226 Å². The smallest absolute Gasteiger partial charge is 0.321 e. The lowest BCUT2D eigenvalue weighted by Crippen LogP contribution is -2.48. The molecule has 38 heavy (non-hydrogen) atoms. The van der Waals surface area contributed by atoms with Crippen molar-refractivity contribution >= 4 is 5.97 Å². The van der Waals surface area contributed by atoms with Gasteiger partial charge in [0.1, 0.15) is 6.04 Å². The lowest BCUT2D eigenvalue weighted by molar-refractivity contribution is -0.147. The van der Waals surface area contributed by atoms with E-state index in [1.807, 2.05) is 20.8 Å². The maximum Gasteiger partial charge on any atom is 0.321 e. The topological polar surface area (TPSA) is 56.7 Å². The summed E-state index contributed by atoms with van der Waals surface area (Å²) < 4.78 is 29.3. The third-order valence-corrected chi connectivity index (χ3v) is 8.51. The first-order chi connectivity index (χ1) is 17.9. The summed E-state index contributed by atoms with van der Waals surface area (Å²) in [5, 5.41) is 10.1. The molecule has 1 aromatic carbocycles. The van der Waals surface area contributed by atoms with E-state index >= 15 is 0 Å². The molecule has 2 aliphatic rings. The zero-order valence-corrected chi connectivity index (χ0v) is 23.2. The monoisotopic (exact) mass is 527 g/mol. The highest BCUT2D eigenvalue weighted by molar-refractivity contribution is 5.74. The molecular formula is C31H43F2N3O2. The van der Waals surface area contributed by atoms with Gasteiger partial charge in [0, 0.05) is 49.9 Å². The SMILES string of the molecule is Cc1cccc([C@H]2CN([C@@H](C(=O)O)C(C)(C)C)C[C@@H]2CN2CCC(CCC(F)(F)c3cccnc3)CC2)c1. The lowest BCUT2D eigenvalue weighted by atomic mass is 9.85. The Morgan fingerprint density at radius 3 is 2.47 bits per heavy atom. The molecular weight excluding hydrogens is 484 g/mol. The molecule has 0 aliphatic carbocycles. The van der Waals surface area contributed by atoms with Crippen LogP contribution in [-0.2, 0) is 10.7 Å². The Balaban J connectivity index is 1.38. The molecule has 0 bridgehead atoms. The molecule has 0 amide bonds. The standard InChI is InChI=1S/C31H43F2N3O2/c1-22-7-5-8-24(17-22)27-21-36(28(29(37)38)30(2,3)4)20-25(27)19-35-15-11-23(12-16-35)10-13-31(32,33)26-9-6-14-34-18-26/h5-9,14,17-18,23,25,27-28H,10-13,15-16,19-21H2,1-4H3,(H,37,38)/t25-,27+,28-/m0/s1. The van der Waals surface area contributed by atoms with Gasteiger partial charge in [-0.3, -0.25) is 14.7 Å². The second-order valence-electron chi connectivity index (χ2n) is 12.6. The van der Waals surface area contributed by atoms with E-state index in [-0.39, 0.29) is 23.3 Å². The maximum absolute atomic E-state index is 14.6. The van der Waals surface area contributed by atoms with E-state index in [1.54, 1.807) is 6.07 Å². The zero-order valence-electron chi connectivity index (χ0n) is 23.2. The van der Waals surface area contributed by atoms with E-state index in [4.69, 9.17) is 0 Å². The molecule has 3 heterocycles. The Hall–Kier alpha value is -2.38. The van der Waals surface area contributed by atoms with Crippen LogP contribution in [-0.4, -0.2) is 64.6 Å². The molecule has 2 aliphatic heterocycles.